The van der Waals surface area contributed by atoms with E-state index >= 15 is 0 Å². The molecule has 0 spiro atoms. The van der Waals surface area contributed by atoms with Crippen LogP contribution in [0.25, 0.3) is 0 Å². The van der Waals surface area contributed by atoms with Crippen molar-refractivity contribution >= 4 is 24.0 Å². The Morgan fingerprint density at radius 1 is 1.22 bits per heavy atom. The second-order valence-electron chi connectivity index (χ2n) is 6.22. The van der Waals surface area contributed by atoms with Gasteiger partial charge in [0.05, 0.1) is 10.6 Å². The topological polar surface area (TPSA) is 15.3 Å². The lowest BCUT2D eigenvalue weighted by molar-refractivity contribution is -0.137. The summed E-state index contributed by atoms with van der Waals surface area (Å²) in [5.41, 5.74) is 0.162. The van der Waals surface area contributed by atoms with E-state index < -0.39 is 11.7 Å². The molecule has 3 rings (SSSR count). The number of benzene rings is 1. The van der Waals surface area contributed by atoms with Gasteiger partial charge >= 0.3 is 6.18 Å². The molecule has 0 unspecified atom stereocenters. The van der Waals surface area contributed by atoms with Crippen molar-refractivity contribution < 1.29 is 13.2 Å². The average Bonchev–Trinajstić information content (AvgIpc) is 3.28. The molecule has 1 aliphatic carbocycles. The highest BCUT2D eigenvalue weighted by atomic mass is 35.5. The summed E-state index contributed by atoms with van der Waals surface area (Å²) in [4.78, 5) is 2.37. The van der Waals surface area contributed by atoms with Gasteiger partial charge in [-0.1, -0.05) is 30.5 Å². The smallest absolute Gasteiger partial charge is 0.314 e. The summed E-state index contributed by atoms with van der Waals surface area (Å²) in [5, 5.41) is 3.12. The van der Waals surface area contributed by atoms with Gasteiger partial charge in [-0.15, -0.1) is 12.4 Å². The fraction of sp³-hybridized carbons (Fsp3) is 0.625. The number of hydrogen-bond acceptors (Lipinski definition) is 2. The first-order valence-electron chi connectivity index (χ1n) is 7.76. The molecule has 2 aliphatic rings. The Bertz CT molecular complexity index is 527. The zero-order valence-corrected chi connectivity index (χ0v) is 14.3. The van der Waals surface area contributed by atoms with Crippen molar-refractivity contribution in [2.24, 2.45) is 5.92 Å². The van der Waals surface area contributed by atoms with Crippen LogP contribution in [-0.4, -0.2) is 31.1 Å². The Balaban J connectivity index is 0.00000192. The number of piperazine rings is 1. The minimum atomic E-state index is -4.39. The van der Waals surface area contributed by atoms with Gasteiger partial charge in [-0.25, -0.2) is 0 Å². The number of hydrogen-bond donors (Lipinski definition) is 1. The van der Waals surface area contributed by atoms with Crippen LogP contribution in [-0.2, 0) is 6.18 Å². The zero-order valence-electron chi connectivity index (χ0n) is 12.7. The average molecular weight is 369 g/mol. The molecule has 1 heterocycles. The first-order valence-corrected chi connectivity index (χ1v) is 8.14. The molecule has 0 bridgehead atoms. The predicted octanol–water partition coefficient (Wildman–Crippen LogP) is 4.53. The molecule has 7 heteroatoms. The maximum Gasteiger partial charge on any atom is 0.417 e. The van der Waals surface area contributed by atoms with Crippen LogP contribution in [0.3, 0.4) is 0 Å². The van der Waals surface area contributed by atoms with Gasteiger partial charge in [0, 0.05) is 32.2 Å². The van der Waals surface area contributed by atoms with Crippen LogP contribution in [0.15, 0.2) is 18.2 Å². The van der Waals surface area contributed by atoms with Gasteiger partial charge in [0.1, 0.15) is 0 Å². The van der Waals surface area contributed by atoms with E-state index in [0.29, 0.717) is 5.92 Å². The number of alkyl halides is 3. The largest absolute Gasteiger partial charge is 0.417 e. The van der Waals surface area contributed by atoms with Gasteiger partial charge in [-0.2, -0.15) is 13.2 Å². The Morgan fingerprint density at radius 2 is 1.87 bits per heavy atom. The minimum Gasteiger partial charge on any atom is -0.314 e. The van der Waals surface area contributed by atoms with Crippen LogP contribution < -0.4 is 5.32 Å². The van der Waals surface area contributed by atoms with E-state index in [-0.39, 0.29) is 23.5 Å². The summed E-state index contributed by atoms with van der Waals surface area (Å²) in [6.07, 6.45) is -0.910. The van der Waals surface area contributed by atoms with Gasteiger partial charge in [0.25, 0.3) is 0 Å². The first-order chi connectivity index (χ1) is 10.4. The second-order valence-corrected chi connectivity index (χ2v) is 6.63. The van der Waals surface area contributed by atoms with Crippen molar-refractivity contribution in [3.8, 4) is 0 Å². The molecule has 0 aromatic heterocycles. The Labute approximate surface area is 145 Å². The fourth-order valence-electron chi connectivity index (χ4n) is 3.13. The van der Waals surface area contributed by atoms with Crippen LogP contribution in [0, 0.1) is 5.92 Å². The molecular formula is C16H21Cl2F3N2. The van der Waals surface area contributed by atoms with Crippen LogP contribution >= 0.6 is 24.0 Å². The Kier molecular flexibility index (Phi) is 6.22. The van der Waals surface area contributed by atoms with Crippen LogP contribution in [0.2, 0.25) is 5.02 Å². The molecule has 130 valence electrons. The number of nitrogens with one attached hydrogen (secondary N) is 1. The maximum atomic E-state index is 12.9. The van der Waals surface area contributed by atoms with Crippen molar-refractivity contribution in [2.75, 3.05) is 26.2 Å². The molecule has 1 aromatic rings. The number of rotatable bonds is 4. The van der Waals surface area contributed by atoms with E-state index in [1.54, 1.807) is 6.07 Å². The van der Waals surface area contributed by atoms with Crippen molar-refractivity contribution in [3.05, 3.63) is 34.3 Å². The highest BCUT2D eigenvalue weighted by molar-refractivity contribution is 6.31. The molecule has 2 fully saturated rings. The third-order valence-electron chi connectivity index (χ3n) is 4.53. The third-order valence-corrected chi connectivity index (χ3v) is 4.84. The summed E-state index contributed by atoms with van der Waals surface area (Å²) in [7, 11) is 0. The van der Waals surface area contributed by atoms with E-state index in [1.807, 2.05) is 0 Å². The molecule has 23 heavy (non-hydrogen) atoms. The fourth-order valence-corrected chi connectivity index (χ4v) is 3.42. The van der Waals surface area contributed by atoms with Gasteiger partial charge in [0.15, 0.2) is 0 Å². The Hall–Kier alpha value is -0.490. The highest BCUT2D eigenvalue weighted by Gasteiger charge is 2.35. The van der Waals surface area contributed by atoms with E-state index in [1.165, 1.54) is 18.9 Å². The SMILES string of the molecule is Cl.FC(F)(F)c1ccc([C@@H](CC2CC2)N2CCNCC2)cc1Cl. The molecule has 2 nitrogen and oxygen atoms in total. The lowest BCUT2D eigenvalue weighted by Crippen LogP contribution is -2.45. The lowest BCUT2D eigenvalue weighted by atomic mass is 9.97. The van der Waals surface area contributed by atoms with Gasteiger partial charge < -0.3 is 5.32 Å². The van der Waals surface area contributed by atoms with Crippen molar-refractivity contribution in [3.63, 3.8) is 0 Å². The Morgan fingerprint density at radius 3 is 2.39 bits per heavy atom. The predicted molar refractivity (Wildman–Crippen MR) is 88.2 cm³/mol. The van der Waals surface area contributed by atoms with Gasteiger partial charge in [-0.3, -0.25) is 4.90 Å². The number of nitrogens with zero attached hydrogens (tertiary/aromatic N) is 1. The molecule has 1 aliphatic heterocycles. The summed E-state index contributed by atoms with van der Waals surface area (Å²) in [6.45, 7) is 3.71. The van der Waals surface area contributed by atoms with E-state index in [0.717, 1.165) is 44.2 Å². The highest BCUT2D eigenvalue weighted by Crippen LogP contribution is 2.42. The lowest BCUT2D eigenvalue weighted by Gasteiger charge is -2.35. The summed E-state index contributed by atoms with van der Waals surface area (Å²) in [6, 6.07) is 4.41. The summed E-state index contributed by atoms with van der Waals surface area (Å²) >= 11 is 5.90. The molecule has 1 atom stereocenters. The number of halogens is 5. The molecule has 0 amide bonds. The molecule has 1 aromatic carbocycles. The molecule has 0 radical (unpaired) electrons. The van der Waals surface area contributed by atoms with E-state index in [4.69, 9.17) is 11.6 Å². The zero-order chi connectivity index (χ0) is 15.7. The molecule has 1 N–H and O–H groups in total. The van der Waals surface area contributed by atoms with Crippen molar-refractivity contribution in [2.45, 2.75) is 31.5 Å². The first kappa shape index (κ1) is 18.8. The van der Waals surface area contributed by atoms with Crippen molar-refractivity contribution in [1.29, 1.82) is 0 Å². The standard InChI is InChI=1S/C16H20ClF3N2.ClH/c17-14-10-12(3-4-13(14)16(18,19)20)15(9-11-1-2-11)22-7-5-21-6-8-22;/h3-4,10-11,15,21H,1-2,5-9H2;1H/t15-;/m1./s1. The minimum absolute atomic E-state index is 0. The third kappa shape index (κ3) is 4.75. The summed E-state index contributed by atoms with van der Waals surface area (Å²) in [5.74, 6) is 0.709. The molecule has 1 saturated carbocycles. The van der Waals surface area contributed by atoms with Crippen LogP contribution in [0.4, 0.5) is 13.2 Å². The van der Waals surface area contributed by atoms with E-state index in [9.17, 15) is 13.2 Å². The van der Waals surface area contributed by atoms with Gasteiger partial charge in [0.2, 0.25) is 0 Å². The quantitative estimate of drug-likeness (QED) is 0.839. The van der Waals surface area contributed by atoms with Crippen molar-refractivity contribution in [1.82, 2.24) is 10.2 Å². The second kappa shape index (κ2) is 7.60. The maximum absolute atomic E-state index is 12.9. The van der Waals surface area contributed by atoms with Crippen LogP contribution in [0.1, 0.15) is 36.4 Å². The normalized spacial score (nSPS) is 20.9. The van der Waals surface area contributed by atoms with Gasteiger partial charge in [-0.05, 0) is 30.0 Å². The molecule has 1 saturated heterocycles. The monoisotopic (exact) mass is 368 g/mol. The van der Waals surface area contributed by atoms with E-state index in [2.05, 4.69) is 10.2 Å². The van der Waals surface area contributed by atoms with Crippen LogP contribution in [0.5, 0.6) is 0 Å². The summed E-state index contributed by atoms with van der Waals surface area (Å²) < 4.78 is 38.6. The molecular weight excluding hydrogens is 348 g/mol.